The van der Waals surface area contributed by atoms with Gasteiger partial charge in [0.1, 0.15) is 12.0 Å². The van der Waals surface area contributed by atoms with Gasteiger partial charge in [-0.2, -0.15) is 10.2 Å². The van der Waals surface area contributed by atoms with Crippen molar-refractivity contribution < 1.29 is 0 Å². The Hall–Kier alpha value is -3.02. The fourth-order valence-electron chi connectivity index (χ4n) is 2.19. The number of nitrogens with one attached hydrogen (secondary N) is 1. The van der Waals surface area contributed by atoms with Crippen molar-refractivity contribution in [2.75, 3.05) is 0 Å². The van der Waals surface area contributed by atoms with Gasteiger partial charge >= 0.3 is 0 Å². The van der Waals surface area contributed by atoms with Gasteiger partial charge in [0, 0.05) is 24.2 Å². The van der Waals surface area contributed by atoms with Crippen molar-refractivity contribution in [3.05, 3.63) is 55.2 Å². The first kappa shape index (κ1) is 10.9. The molecule has 0 aliphatic carbocycles. The predicted molar refractivity (Wildman–Crippen MR) is 73.8 cm³/mol. The Kier molecular flexibility index (Phi) is 2.32. The molecule has 4 rings (SSSR count). The second kappa shape index (κ2) is 4.27. The van der Waals surface area contributed by atoms with Crippen LogP contribution in [0.15, 0.2) is 55.2 Å². The fraction of sp³-hybridized carbons (Fsp3) is 0. The minimum Gasteiger partial charge on any atom is -0.284 e. The average Bonchev–Trinajstić information content (AvgIpc) is 3.16. The number of rotatable bonds is 2. The summed E-state index contributed by atoms with van der Waals surface area (Å²) in [5.74, 6) is 0. The van der Waals surface area contributed by atoms with Crippen molar-refractivity contribution in [2.24, 2.45) is 0 Å². The SMILES string of the molecule is c1ccc(-c2n[nH]cc2-c2ccn3ncnc3c2)nc1. The van der Waals surface area contributed by atoms with E-state index < -0.39 is 0 Å². The molecule has 6 nitrogen and oxygen atoms in total. The minimum absolute atomic E-state index is 0.802. The molecule has 20 heavy (non-hydrogen) atoms. The third-order valence-corrected chi connectivity index (χ3v) is 3.14. The second-order valence-corrected chi connectivity index (χ2v) is 4.34. The zero-order chi connectivity index (χ0) is 13.4. The monoisotopic (exact) mass is 262 g/mol. The minimum atomic E-state index is 0.802. The van der Waals surface area contributed by atoms with E-state index in [1.165, 1.54) is 6.33 Å². The van der Waals surface area contributed by atoms with Gasteiger partial charge in [-0.1, -0.05) is 6.07 Å². The van der Waals surface area contributed by atoms with E-state index in [9.17, 15) is 0 Å². The Morgan fingerprint density at radius 1 is 1.10 bits per heavy atom. The van der Waals surface area contributed by atoms with Crippen molar-refractivity contribution in [3.8, 4) is 22.5 Å². The quantitative estimate of drug-likeness (QED) is 0.601. The third-order valence-electron chi connectivity index (χ3n) is 3.14. The molecule has 0 unspecified atom stereocenters. The highest BCUT2D eigenvalue weighted by Gasteiger charge is 2.12. The number of H-pyrrole nitrogens is 1. The van der Waals surface area contributed by atoms with Crippen LogP contribution >= 0.6 is 0 Å². The summed E-state index contributed by atoms with van der Waals surface area (Å²) in [6.07, 6.45) is 7.04. The summed E-state index contributed by atoms with van der Waals surface area (Å²) in [6, 6.07) is 9.74. The highest BCUT2D eigenvalue weighted by Crippen LogP contribution is 2.28. The van der Waals surface area contributed by atoms with E-state index in [0.29, 0.717) is 0 Å². The van der Waals surface area contributed by atoms with E-state index >= 15 is 0 Å². The zero-order valence-corrected chi connectivity index (χ0v) is 10.4. The molecule has 0 radical (unpaired) electrons. The molecule has 6 heteroatoms. The summed E-state index contributed by atoms with van der Waals surface area (Å²) in [4.78, 5) is 8.54. The van der Waals surface area contributed by atoms with Crippen molar-refractivity contribution in [2.45, 2.75) is 0 Å². The first-order chi connectivity index (χ1) is 9.92. The normalized spacial score (nSPS) is 11.0. The van der Waals surface area contributed by atoms with Crippen LogP contribution in [-0.4, -0.2) is 29.8 Å². The van der Waals surface area contributed by atoms with Gasteiger partial charge in [-0.3, -0.25) is 10.1 Å². The average molecular weight is 262 g/mol. The van der Waals surface area contributed by atoms with Crippen molar-refractivity contribution in [3.63, 3.8) is 0 Å². The molecule has 4 aromatic rings. The summed E-state index contributed by atoms with van der Waals surface area (Å²) in [5.41, 5.74) is 4.49. The van der Waals surface area contributed by atoms with Crippen molar-refractivity contribution in [1.29, 1.82) is 0 Å². The Bertz CT molecular complexity index is 861. The van der Waals surface area contributed by atoms with Crippen molar-refractivity contribution >= 4 is 5.65 Å². The topological polar surface area (TPSA) is 71.8 Å². The molecule has 0 spiro atoms. The van der Waals surface area contributed by atoms with Crippen LogP contribution in [0, 0.1) is 0 Å². The molecule has 0 fully saturated rings. The summed E-state index contributed by atoms with van der Waals surface area (Å²) in [5, 5.41) is 11.3. The van der Waals surface area contributed by atoms with E-state index in [4.69, 9.17) is 0 Å². The van der Waals surface area contributed by atoms with Crippen LogP contribution in [0.2, 0.25) is 0 Å². The largest absolute Gasteiger partial charge is 0.284 e. The number of fused-ring (bicyclic) bond motifs is 1. The molecule has 96 valence electrons. The van der Waals surface area contributed by atoms with E-state index in [1.807, 2.05) is 42.7 Å². The number of hydrogen-bond donors (Lipinski definition) is 1. The molecule has 0 saturated heterocycles. The molecule has 0 aliphatic rings. The van der Waals surface area contributed by atoms with Gasteiger partial charge in [0.05, 0.1) is 5.69 Å². The van der Waals surface area contributed by atoms with E-state index in [-0.39, 0.29) is 0 Å². The molecular weight excluding hydrogens is 252 g/mol. The highest BCUT2D eigenvalue weighted by atomic mass is 15.3. The Morgan fingerprint density at radius 3 is 3.00 bits per heavy atom. The maximum atomic E-state index is 4.34. The van der Waals surface area contributed by atoms with E-state index in [1.54, 1.807) is 10.7 Å². The number of nitrogens with zero attached hydrogens (tertiary/aromatic N) is 5. The lowest BCUT2D eigenvalue weighted by Gasteiger charge is -2.02. The Labute approximate surface area is 114 Å². The van der Waals surface area contributed by atoms with Gasteiger partial charge in [0.15, 0.2) is 5.65 Å². The Balaban J connectivity index is 1.88. The van der Waals surface area contributed by atoms with E-state index in [2.05, 4.69) is 25.3 Å². The first-order valence-corrected chi connectivity index (χ1v) is 6.17. The summed E-state index contributed by atoms with van der Waals surface area (Å²) in [7, 11) is 0. The van der Waals surface area contributed by atoms with Crippen LogP contribution in [0.25, 0.3) is 28.2 Å². The van der Waals surface area contributed by atoms with Gasteiger partial charge < -0.3 is 0 Å². The Morgan fingerprint density at radius 2 is 2.10 bits per heavy atom. The van der Waals surface area contributed by atoms with Gasteiger partial charge in [-0.25, -0.2) is 9.50 Å². The number of aromatic nitrogens is 6. The summed E-state index contributed by atoms with van der Waals surface area (Å²) >= 11 is 0. The smallest absolute Gasteiger partial charge is 0.155 e. The fourth-order valence-corrected chi connectivity index (χ4v) is 2.19. The van der Waals surface area contributed by atoms with Crippen LogP contribution in [-0.2, 0) is 0 Å². The zero-order valence-electron chi connectivity index (χ0n) is 10.4. The number of hydrogen-bond acceptors (Lipinski definition) is 4. The first-order valence-electron chi connectivity index (χ1n) is 6.17. The van der Waals surface area contributed by atoms with Crippen LogP contribution in [0.3, 0.4) is 0 Å². The molecule has 0 aromatic carbocycles. The molecule has 0 aliphatic heterocycles. The van der Waals surface area contributed by atoms with Crippen LogP contribution in [0.4, 0.5) is 0 Å². The maximum Gasteiger partial charge on any atom is 0.155 e. The lowest BCUT2D eigenvalue weighted by Crippen LogP contribution is -1.89. The molecule has 0 amide bonds. The lowest BCUT2D eigenvalue weighted by atomic mass is 10.1. The molecule has 4 heterocycles. The predicted octanol–water partition coefficient (Wildman–Crippen LogP) is 2.18. The maximum absolute atomic E-state index is 4.34. The number of pyridine rings is 2. The van der Waals surface area contributed by atoms with Crippen molar-refractivity contribution in [1.82, 2.24) is 29.8 Å². The van der Waals surface area contributed by atoms with Crippen LogP contribution < -0.4 is 0 Å². The number of aromatic amines is 1. The second-order valence-electron chi connectivity index (χ2n) is 4.34. The standard InChI is InChI=1S/C14H10N6/c1-2-5-15-12(3-1)14-11(8-17-19-14)10-4-6-20-13(7-10)16-9-18-20/h1-9H,(H,17,19). The third kappa shape index (κ3) is 1.66. The highest BCUT2D eigenvalue weighted by molar-refractivity contribution is 5.79. The molecular formula is C14H10N6. The van der Waals surface area contributed by atoms with Gasteiger partial charge in [0.2, 0.25) is 0 Å². The van der Waals surface area contributed by atoms with E-state index in [0.717, 1.165) is 28.2 Å². The van der Waals surface area contributed by atoms with Gasteiger partial charge in [-0.15, -0.1) is 0 Å². The van der Waals surface area contributed by atoms with Gasteiger partial charge in [0.25, 0.3) is 0 Å². The molecule has 0 saturated carbocycles. The summed E-state index contributed by atoms with van der Waals surface area (Å²) < 4.78 is 1.73. The van der Waals surface area contributed by atoms with Crippen LogP contribution in [0.1, 0.15) is 0 Å². The molecule has 1 N–H and O–H groups in total. The molecule has 0 atom stereocenters. The van der Waals surface area contributed by atoms with Gasteiger partial charge in [-0.05, 0) is 29.8 Å². The van der Waals surface area contributed by atoms with Crippen LogP contribution in [0.5, 0.6) is 0 Å². The molecule has 0 bridgehead atoms. The summed E-state index contributed by atoms with van der Waals surface area (Å²) in [6.45, 7) is 0. The molecule has 4 aromatic heterocycles. The lowest BCUT2D eigenvalue weighted by molar-refractivity contribution is 0.962.